The van der Waals surface area contributed by atoms with Crippen LogP contribution in [-0.4, -0.2) is 58.2 Å². The first kappa shape index (κ1) is 19.2. The Morgan fingerprint density at radius 1 is 1.29 bits per heavy atom. The molecule has 6 nitrogen and oxygen atoms in total. The van der Waals surface area contributed by atoms with E-state index in [1.807, 2.05) is 0 Å². The summed E-state index contributed by atoms with van der Waals surface area (Å²) < 4.78 is 25.8. The number of anilines is 1. The molecule has 0 spiro atoms. The van der Waals surface area contributed by atoms with E-state index in [-0.39, 0.29) is 12.5 Å². The van der Waals surface area contributed by atoms with Gasteiger partial charge in [-0.2, -0.15) is 0 Å². The van der Waals surface area contributed by atoms with Gasteiger partial charge in [-0.1, -0.05) is 12.1 Å². The van der Waals surface area contributed by atoms with Crippen molar-refractivity contribution in [2.45, 2.75) is 19.3 Å². The van der Waals surface area contributed by atoms with Crippen LogP contribution in [0.5, 0.6) is 0 Å². The number of hydrogen-bond donors (Lipinski definition) is 1. The molecule has 24 heavy (non-hydrogen) atoms. The minimum absolute atomic E-state index is 0.217. The first-order valence-corrected chi connectivity index (χ1v) is 10.7. The molecule has 0 aromatic heterocycles. The molecule has 1 aromatic carbocycles. The molecule has 8 heteroatoms. The summed E-state index contributed by atoms with van der Waals surface area (Å²) in [5, 5.41) is 2.81. The lowest BCUT2D eigenvalue weighted by atomic mass is 10.3. The molecule has 134 valence electrons. The van der Waals surface area contributed by atoms with Crippen LogP contribution in [0, 0.1) is 0 Å². The Bertz CT molecular complexity index is 660. The maximum Gasteiger partial charge on any atom is 0.240 e. The second-order valence-electron chi connectivity index (χ2n) is 5.97. The molecule has 0 saturated carbocycles. The molecule has 1 aliphatic heterocycles. The molecule has 1 aliphatic rings. The number of amides is 1. The third-order valence-corrected chi connectivity index (χ3v) is 5.78. The van der Waals surface area contributed by atoms with E-state index in [0.29, 0.717) is 16.7 Å². The maximum absolute atomic E-state index is 12.1. The largest absolute Gasteiger partial charge is 0.354 e. The normalized spacial score (nSPS) is 15.4. The number of likely N-dealkylation sites (tertiary alicyclic amines) is 1. The molecule has 0 radical (unpaired) electrons. The molecule has 1 fully saturated rings. The van der Waals surface area contributed by atoms with Gasteiger partial charge in [0, 0.05) is 11.0 Å². The van der Waals surface area contributed by atoms with Gasteiger partial charge in [-0.15, -0.1) is 0 Å². The zero-order valence-corrected chi connectivity index (χ0v) is 16.3. The van der Waals surface area contributed by atoms with Gasteiger partial charge in [0.1, 0.15) is 6.54 Å². The second-order valence-corrected chi connectivity index (χ2v) is 8.73. The van der Waals surface area contributed by atoms with Crippen LogP contribution in [0.4, 0.5) is 5.69 Å². The molecule has 1 heterocycles. The van der Waals surface area contributed by atoms with Crippen LogP contribution in [0.15, 0.2) is 28.7 Å². The van der Waals surface area contributed by atoms with E-state index in [0.717, 1.165) is 36.6 Å². The fourth-order valence-electron chi connectivity index (χ4n) is 2.76. The van der Waals surface area contributed by atoms with Crippen molar-refractivity contribution >= 4 is 37.5 Å². The van der Waals surface area contributed by atoms with Gasteiger partial charge in [0.15, 0.2) is 0 Å². The average molecular weight is 418 g/mol. The number of halogens is 1. The quantitative estimate of drug-likeness (QED) is 0.654. The van der Waals surface area contributed by atoms with Crippen molar-refractivity contribution in [3.05, 3.63) is 28.7 Å². The molecule has 0 atom stereocenters. The van der Waals surface area contributed by atoms with E-state index < -0.39 is 10.0 Å². The van der Waals surface area contributed by atoms with Gasteiger partial charge in [0.25, 0.3) is 0 Å². The summed E-state index contributed by atoms with van der Waals surface area (Å²) in [6.45, 7) is 3.59. The van der Waals surface area contributed by atoms with Crippen LogP contribution in [-0.2, 0) is 14.8 Å². The number of rotatable bonds is 8. The van der Waals surface area contributed by atoms with Crippen LogP contribution in [0.1, 0.15) is 19.3 Å². The van der Waals surface area contributed by atoms with Crippen molar-refractivity contribution < 1.29 is 13.2 Å². The number of sulfonamides is 1. The summed E-state index contributed by atoms with van der Waals surface area (Å²) >= 11 is 3.34. The van der Waals surface area contributed by atoms with Gasteiger partial charge in [-0.3, -0.25) is 9.10 Å². The zero-order valence-electron chi connectivity index (χ0n) is 13.9. The van der Waals surface area contributed by atoms with Gasteiger partial charge < -0.3 is 10.2 Å². The minimum Gasteiger partial charge on any atom is -0.354 e. The van der Waals surface area contributed by atoms with Gasteiger partial charge >= 0.3 is 0 Å². The molecule has 1 amide bonds. The molecule has 0 bridgehead atoms. The van der Waals surface area contributed by atoms with Crippen molar-refractivity contribution in [1.82, 2.24) is 10.2 Å². The summed E-state index contributed by atoms with van der Waals surface area (Å²) in [7, 11) is -3.54. The van der Waals surface area contributed by atoms with Crippen LogP contribution < -0.4 is 9.62 Å². The molecule has 1 aromatic rings. The Morgan fingerprint density at radius 3 is 2.58 bits per heavy atom. The molecule has 0 unspecified atom stereocenters. The zero-order chi connectivity index (χ0) is 17.6. The number of benzene rings is 1. The van der Waals surface area contributed by atoms with E-state index in [4.69, 9.17) is 0 Å². The molecule has 1 N–H and O–H groups in total. The Kier molecular flexibility index (Phi) is 7.06. The molecular formula is C16H24BrN3O3S. The molecule has 2 rings (SSSR count). The van der Waals surface area contributed by atoms with Gasteiger partial charge in [-0.25, -0.2) is 8.42 Å². The number of carbonyl (C=O) groups excluding carboxylic acids is 1. The highest BCUT2D eigenvalue weighted by Crippen LogP contribution is 2.27. The standard InChI is InChI=1S/C16H24BrN3O3S/c1-24(22,23)20(15-8-3-2-7-14(15)17)13-16(21)18-9-6-12-19-10-4-5-11-19/h2-3,7-8H,4-6,9-13H2,1H3,(H,18,21). The monoisotopic (exact) mass is 417 g/mol. The Labute approximate surface area is 152 Å². The smallest absolute Gasteiger partial charge is 0.240 e. The lowest BCUT2D eigenvalue weighted by molar-refractivity contribution is -0.119. The number of carbonyl (C=O) groups is 1. The third kappa shape index (κ3) is 5.75. The minimum atomic E-state index is -3.54. The fraction of sp³-hybridized carbons (Fsp3) is 0.562. The third-order valence-electron chi connectivity index (χ3n) is 3.98. The Balaban J connectivity index is 1.87. The van der Waals surface area contributed by atoms with Crippen molar-refractivity contribution in [3.8, 4) is 0 Å². The van der Waals surface area contributed by atoms with E-state index in [1.165, 1.54) is 12.8 Å². The summed E-state index contributed by atoms with van der Waals surface area (Å²) in [6, 6.07) is 6.96. The summed E-state index contributed by atoms with van der Waals surface area (Å²) in [6.07, 6.45) is 4.48. The van der Waals surface area contributed by atoms with Crippen LogP contribution >= 0.6 is 15.9 Å². The van der Waals surface area contributed by atoms with Crippen molar-refractivity contribution in [2.75, 3.05) is 43.3 Å². The van der Waals surface area contributed by atoms with E-state index >= 15 is 0 Å². The summed E-state index contributed by atoms with van der Waals surface area (Å²) in [5.74, 6) is -0.294. The molecule has 1 saturated heterocycles. The molecule has 0 aliphatic carbocycles. The highest BCUT2D eigenvalue weighted by atomic mass is 79.9. The van der Waals surface area contributed by atoms with Crippen LogP contribution in [0.3, 0.4) is 0 Å². The predicted molar refractivity (Wildman–Crippen MR) is 99.6 cm³/mol. The lowest BCUT2D eigenvalue weighted by Gasteiger charge is -2.23. The second kappa shape index (κ2) is 8.82. The molecular weight excluding hydrogens is 394 g/mol. The van der Waals surface area contributed by atoms with Crippen molar-refractivity contribution in [3.63, 3.8) is 0 Å². The topological polar surface area (TPSA) is 69.7 Å². The SMILES string of the molecule is CS(=O)(=O)N(CC(=O)NCCCN1CCCC1)c1ccccc1Br. The first-order valence-electron chi connectivity index (χ1n) is 8.09. The van der Waals surface area contributed by atoms with Gasteiger partial charge in [-0.05, 0) is 67.0 Å². The summed E-state index contributed by atoms with van der Waals surface area (Å²) in [5.41, 5.74) is 0.465. The number of para-hydroxylation sites is 1. The fourth-order valence-corrected chi connectivity index (χ4v) is 4.24. The highest BCUT2D eigenvalue weighted by molar-refractivity contribution is 9.10. The van der Waals surface area contributed by atoms with Crippen LogP contribution in [0.2, 0.25) is 0 Å². The van der Waals surface area contributed by atoms with E-state index in [9.17, 15) is 13.2 Å². The Hall–Kier alpha value is -1.12. The summed E-state index contributed by atoms with van der Waals surface area (Å²) in [4.78, 5) is 14.5. The van der Waals surface area contributed by atoms with Gasteiger partial charge in [0.2, 0.25) is 15.9 Å². The average Bonchev–Trinajstić information content (AvgIpc) is 3.02. The maximum atomic E-state index is 12.1. The Morgan fingerprint density at radius 2 is 1.96 bits per heavy atom. The van der Waals surface area contributed by atoms with E-state index in [1.54, 1.807) is 24.3 Å². The van der Waals surface area contributed by atoms with Crippen molar-refractivity contribution in [1.29, 1.82) is 0 Å². The lowest BCUT2D eigenvalue weighted by Crippen LogP contribution is -2.41. The van der Waals surface area contributed by atoms with Crippen molar-refractivity contribution in [2.24, 2.45) is 0 Å². The predicted octanol–water partition coefficient (Wildman–Crippen LogP) is 1.82. The van der Waals surface area contributed by atoms with Crippen LogP contribution in [0.25, 0.3) is 0 Å². The van der Waals surface area contributed by atoms with Gasteiger partial charge in [0.05, 0.1) is 11.9 Å². The number of hydrogen-bond acceptors (Lipinski definition) is 4. The van der Waals surface area contributed by atoms with E-state index in [2.05, 4.69) is 26.1 Å². The number of nitrogens with zero attached hydrogens (tertiary/aromatic N) is 2. The number of nitrogens with one attached hydrogen (secondary N) is 1. The highest BCUT2D eigenvalue weighted by Gasteiger charge is 2.22. The first-order chi connectivity index (χ1) is 11.4.